The number of rotatable bonds is 4. The number of piperazine rings is 1. The summed E-state index contributed by atoms with van der Waals surface area (Å²) in [5.74, 6) is 0.0680. The molecule has 0 spiro atoms. The first-order valence-electron chi connectivity index (χ1n) is 9.92. The van der Waals surface area contributed by atoms with Crippen molar-refractivity contribution in [3.63, 3.8) is 0 Å². The molecule has 0 saturated carbocycles. The van der Waals surface area contributed by atoms with Crippen molar-refractivity contribution in [3.05, 3.63) is 29.8 Å². The second kappa shape index (κ2) is 8.61. The van der Waals surface area contributed by atoms with E-state index in [-0.39, 0.29) is 25.0 Å². The van der Waals surface area contributed by atoms with Crippen LogP contribution in [0.1, 0.15) is 31.7 Å². The van der Waals surface area contributed by atoms with Crippen LogP contribution >= 0.6 is 0 Å². The fourth-order valence-corrected chi connectivity index (χ4v) is 5.73. The highest BCUT2D eigenvalue weighted by Gasteiger charge is 2.41. The first kappa shape index (κ1) is 22.0. The van der Waals surface area contributed by atoms with E-state index in [9.17, 15) is 26.4 Å². The topological polar surface area (TPSA) is 62.1 Å². The molecule has 1 N–H and O–H groups in total. The Balaban J connectivity index is 1.68. The van der Waals surface area contributed by atoms with Crippen LogP contribution in [0.4, 0.5) is 13.2 Å². The monoisotopic (exact) mass is 434 g/mol. The lowest BCUT2D eigenvalue weighted by atomic mass is 10.1. The maximum absolute atomic E-state index is 13.3. The predicted octanol–water partition coefficient (Wildman–Crippen LogP) is 0.996. The Morgan fingerprint density at radius 3 is 2.21 bits per heavy atom. The molecule has 0 aliphatic carbocycles. The van der Waals surface area contributed by atoms with Gasteiger partial charge in [0, 0.05) is 13.1 Å². The molecular weight excluding hydrogens is 407 g/mol. The summed E-state index contributed by atoms with van der Waals surface area (Å²) in [4.78, 5) is 14.8. The van der Waals surface area contributed by atoms with Crippen LogP contribution in [-0.4, -0.2) is 68.8 Å². The van der Waals surface area contributed by atoms with Crippen LogP contribution < -0.4 is 4.90 Å². The number of carbonyl (C=O) groups is 1. The number of nitrogens with zero attached hydrogens (tertiary/aromatic N) is 2. The molecule has 1 aromatic carbocycles. The molecule has 0 unspecified atom stereocenters. The number of carbonyl (C=O) groups excluding carboxylic acids is 1. The summed E-state index contributed by atoms with van der Waals surface area (Å²) in [5, 5.41) is 0. The van der Waals surface area contributed by atoms with Gasteiger partial charge in [-0.2, -0.15) is 17.5 Å². The lowest BCUT2D eigenvalue weighted by molar-refractivity contribution is -0.918. The Bertz CT molecular complexity index is 831. The summed E-state index contributed by atoms with van der Waals surface area (Å²) < 4.78 is 66.6. The minimum absolute atomic E-state index is 0.0680. The van der Waals surface area contributed by atoms with Gasteiger partial charge in [0.15, 0.2) is 6.04 Å². The molecule has 0 bridgehead atoms. The summed E-state index contributed by atoms with van der Waals surface area (Å²) in [5.41, 5.74) is -1.15. The molecule has 162 valence electrons. The summed E-state index contributed by atoms with van der Waals surface area (Å²) in [7, 11) is -4.26. The maximum atomic E-state index is 13.3. The SMILES string of the molecule is C[C@@H](C(=O)N1CCCCC1)[NH+]1CCN(S(=O)(=O)c2ccccc2C(F)(F)F)CC1. The second-order valence-electron chi connectivity index (χ2n) is 7.66. The molecule has 0 radical (unpaired) electrons. The van der Waals surface area contributed by atoms with Gasteiger partial charge >= 0.3 is 6.18 Å². The van der Waals surface area contributed by atoms with Gasteiger partial charge in [0.2, 0.25) is 10.0 Å². The van der Waals surface area contributed by atoms with Gasteiger partial charge in [-0.25, -0.2) is 8.42 Å². The molecule has 1 aromatic rings. The van der Waals surface area contributed by atoms with Crippen molar-refractivity contribution < 1.29 is 31.3 Å². The highest BCUT2D eigenvalue weighted by Crippen LogP contribution is 2.35. The predicted molar refractivity (Wildman–Crippen MR) is 101 cm³/mol. The second-order valence-corrected chi connectivity index (χ2v) is 9.57. The van der Waals surface area contributed by atoms with Crippen LogP contribution in [-0.2, 0) is 21.0 Å². The summed E-state index contributed by atoms with van der Waals surface area (Å²) in [6, 6.07) is 3.97. The third-order valence-corrected chi connectivity index (χ3v) is 7.78. The van der Waals surface area contributed by atoms with E-state index in [4.69, 9.17) is 0 Å². The van der Waals surface area contributed by atoms with E-state index in [1.54, 1.807) is 0 Å². The van der Waals surface area contributed by atoms with Crippen molar-refractivity contribution in [2.45, 2.75) is 43.3 Å². The number of hydrogen-bond acceptors (Lipinski definition) is 3. The molecule has 3 rings (SSSR count). The number of alkyl halides is 3. The highest BCUT2D eigenvalue weighted by atomic mass is 32.2. The Kier molecular flexibility index (Phi) is 6.54. The van der Waals surface area contributed by atoms with Crippen molar-refractivity contribution in [3.8, 4) is 0 Å². The smallest absolute Gasteiger partial charge is 0.338 e. The molecule has 2 aliphatic heterocycles. The summed E-state index contributed by atoms with van der Waals surface area (Å²) >= 11 is 0. The Morgan fingerprint density at radius 2 is 1.62 bits per heavy atom. The van der Waals surface area contributed by atoms with E-state index in [1.807, 2.05) is 11.8 Å². The summed E-state index contributed by atoms with van der Waals surface area (Å²) in [6.45, 7) is 4.29. The molecule has 0 aromatic heterocycles. The quantitative estimate of drug-likeness (QED) is 0.769. The Labute approximate surface area is 169 Å². The van der Waals surface area contributed by atoms with Gasteiger partial charge < -0.3 is 9.80 Å². The van der Waals surface area contributed by atoms with E-state index >= 15 is 0 Å². The normalized spacial score (nSPS) is 21.2. The van der Waals surface area contributed by atoms with Gasteiger partial charge in [0.05, 0.1) is 36.6 Å². The largest absolute Gasteiger partial charge is 0.417 e. The van der Waals surface area contributed by atoms with Gasteiger partial charge in [-0.15, -0.1) is 0 Å². The number of nitrogens with one attached hydrogen (secondary N) is 1. The van der Waals surface area contributed by atoms with Gasteiger partial charge in [0.1, 0.15) is 0 Å². The van der Waals surface area contributed by atoms with Crippen molar-refractivity contribution in [2.75, 3.05) is 39.3 Å². The fraction of sp³-hybridized carbons (Fsp3) is 0.632. The average molecular weight is 435 g/mol. The van der Waals surface area contributed by atoms with E-state index in [0.717, 1.165) is 53.7 Å². The van der Waals surface area contributed by atoms with E-state index in [2.05, 4.69) is 0 Å². The first-order valence-corrected chi connectivity index (χ1v) is 11.4. The minimum atomic E-state index is -4.74. The standard InChI is InChI=1S/C19H26F3N3O3S/c1-15(18(26)24-9-5-2-6-10-24)23-11-13-25(14-12-23)29(27,28)17-8-4-3-7-16(17)19(20,21)22/h3-4,7-8,15H,2,5-6,9-14H2,1H3/p+1/t15-/m0/s1. The number of amides is 1. The van der Waals surface area contributed by atoms with Crippen molar-refractivity contribution in [1.82, 2.24) is 9.21 Å². The molecule has 1 atom stereocenters. The molecule has 6 nitrogen and oxygen atoms in total. The molecule has 2 fully saturated rings. The molecule has 2 aliphatic rings. The summed E-state index contributed by atoms with van der Waals surface area (Å²) in [6.07, 6.45) is -1.62. The van der Waals surface area contributed by atoms with Crippen LogP contribution in [0.15, 0.2) is 29.2 Å². The van der Waals surface area contributed by atoms with Crippen LogP contribution in [0.2, 0.25) is 0 Å². The number of benzene rings is 1. The zero-order chi connectivity index (χ0) is 21.2. The van der Waals surface area contributed by atoms with Crippen LogP contribution in [0.3, 0.4) is 0 Å². The van der Waals surface area contributed by atoms with Gasteiger partial charge in [-0.3, -0.25) is 4.79 Å². The van der Waals surface area contributed by atoms with E-state index in [1.165, 1.54) is 12.1 Å². The Morgan fingerprint density at radius 1 is 1.03 bits per heavy atom. The van der Waals surface area contributed by atoms with Gasteiger partial charge in [-0.1, -0.05) is 12.1 Å². The highest BCUT2D eigenvalue weighted by molar-refractivity contribution is 7.89. The number of sulfonamides is 1. The Hall–Kier alpha value is -1.65. The molecule has 2 heterocycles. The van der Waals surface area contributed by atoms with Crippen molar-refractivity contribution in [2.24, 2.45) is 0 Å². The van der Waals surface area contributed by atoms with Crippen LogP contribution in [0, 0.1) is 0 Å². The van der Waals surface area contributed by atoms with Gasteiger partial charge in [0.25, 0.3) is 5.91 Å². The lowest BCUT2D eigenvalue weighted by Gasteiger charge is -2.37. The van der Waals surface area contributed by atoms with Gasteiger partial charge in [-0.05, 0) is 38.3 Å². The third-order valence-electron chi connectivity index (χ3n) is 5.83. The van der Waals surface area contributed by atoms with Crippen molar-refractivity contribution >= 4 is 15.9 Å². The molecule has 29 heavy (non-hydrogen) atoms. The molecular formula is C19H27F3N3O3S+. The zero-order valence-electron chi connectivity index (χ0n) is 16.4. The van der Waals surface area contributed by atoms with E-state index in [0.29, 0.717) is 13.1 Å². The first-order chi connectivity index (χ1) is 13.6. The fourth-order valence-electron chi connectivity index (χ4n) is 4.07. The number of halogens is 3. The lowest BCUT2D eigenvalue weighted by Crippen LogP contribution is -3.19. The number of likely N-dealkylation sites (tertiary alicyclic amines) is 1. The maximum Gasteiger partial charge on any atom is 0.417 e. The number of hydrogen-bond donors (Lipinski definition) is 1. The molecule has 1 amide bonds. The zero-order valence-corrected chi connectivity index (χ0v) is 17.2. The number of piperidine rings is 1. The third kappa shape index (κ3) is 4.75. The minimum Gasteiger partial charge on any atom is -0.338 e. The average Bonchev–Trinajstić information content (AvgIpc) is 2.73. The van der Waals surface area contributed by atoms with E-state index < -0.39 is 26.7 Å². The van der Waals surface area contributed by atoms with Crippen LogP contribution in [0.25, 0.3) is 0 Å². The molecule has 2 saturated heterocycles. The number of quaternary nitrogens is 1. The molecule has 10 heteroatoms. The van der Waals surface area contributed by atoms with Crippen LogP contribution in [0.5, 0.6) is 0 Å². The van der Waals surface area contributed by atoms with Crippen molar-refractivity contribution in [1.29, 1.82) is 0 Å².